The number of carbonyl (C=O) groups is 1. The number of amides is 1. The molecule has 26 heavy (non-hydrogen) atoms. The van der Waals surface area contributed by atoms with Crippen LogP contribution in [0.2, 0.25) is 0 Å². The highest BCUT2D eigenvalue weighted by atomic mass is 79.9. The smallest absolute Gasteiger partial charge is 0.270 e. The van der Waals surface area contributed by atoms with Crippen LogP contribution in [0, 0.1) is 10.1 Å². The predicted molar refractivity (Wildman–Crippen MR) is 102 cm³/mol. The minimum absolute atomic E-state index is 0.133. The van der Waals surface area contributed by atoms with Gasteiger partial charge in [0.15, 0.2) is 0 Å². The highest BCUT2D eigenvalue weighted by molar-refractivity contribution is 9.10. The Hall–Kier alpha value is -2.94. The summed E-state index contributed by atoms with van der Waals surface area (Å²) in [5.41, 5.74) is 3.11. The first-order valence-electron chi connectivity index (χ1n) is 7.73. The van der Waals surface area contributed by atoms with Gasteiger partial charge in [0.2, 0.25) is 0 Å². The van der Waals surface area contributed by atoms with E-state index >= 15 is 0 Å². The Morgan fingerprint density at radius 1 is 1.35 bits per heavy atom. The van der Waals surface area contributed by atoms with Crippen LogP contribution in [0.3, 0.4) is 0 Å². The number of nitrogens with one attached hydrogen (secondary N) is 2. The normalized spacial score (nSPS) is 11.9. The molecule has 0 aliphatic carbocycles. The Kier molecular flexibility index (Phi) is 6.67. The number of rotatable bonds is 7. The molecule has 0 saturated heterocycles. The third-order valence-corrected chi connectivity index (χ3v) is 4.04. The molecule has 2 aromatic rings. The number of aromatic hydroxyl groups is 1. The van der Waals surface area contributed by atoms with Crippen LogP contribution in [0.4, 0.5) is 11.4 Å². The molecule has 2 aromatic carbocycles. The van der Waals surface area contributed by atoms with Gasteiger partial charge in [0.25, 0.3) is 11.6 Å². The number of hydrogen-bond acceptors (Lipinski definition) is 6. The zero-order chi connectivity index (χ0) is 19.1. The Balaban J connectivity index is 2.01. The average molecular weight is 421 g/mol. The fourth-order valence-electron chi connectivity index (χ4n) is 2.10. The van der Waals surface area contributed by atoms with Crippen LogP contribution in [-0.4, -0.2) is 28.2 Å². The third-order valence-electron chi connectivity index (χ3n) is 3.51. The molecule has 0 spiro atoms. The monoisotopic (exact) mass is 420 g/mol. The van der Waals surface area contributed by atoms with Crippen LogP contribution in [0.25, 0.3) is 0 Å². The fraction of sp³-hybridized carbons (Fsp3) is 0.176. The van der Waals surface area contributed by atoms with Gasteiger partial charge in [-0.25, -0.2) is 5.43 Å². The maximum atomic E-state index is 12.2. The lowest BCUT2D eigenvalue weighted by molar-refractivity contribution is -0.384. The Morgan fingerprint density at radius 2 is 2.04 bits per heavy atom. The molecule has 136 valence electrons. The quantitative estimate of drug-likeness (QED) is 0.360. The van der Waals surface area contributed by atoms with Gasteiger partial charge in [0.05, 0.1) is 11.1 Å². The number of non-ortho nitro benzene ring substituents is 1. The predicted octanol–water partition coefficient (Wildman–Crippen LogP) is 3.40. The first-order valence-corrected chi connectivity index (χ1v) is 8.52. The molecular formula is C17H17BrN4O4. The van der Waals surface area contributed by atoms with E-state index in [1.54, 1.807) is 0 Å². The highest BCUT2D eigenvalue weighted by Gasteiger charge is 2.15. The van der Waals surface area contributed by atoms with Gasteiger partial charge in [0, 0.05) is 27.9 Å². The average Bonchev–Trinajstić information content (AvgIpc) is 2.62. The van der Waals surface area contributed by atoms with E-state index < -0.39 is 11.0 Å². The second-order valence-corrected chi connectivity index (χ2v) is 6.26. The van der Waals surface area contributed by atoms with Crippen molar-refractivity contribution in [1.82, 2.24) is 5.43 Å². The standard InChI is InChI=1S/C17H17BrN4O4/c1-2-15(20-13-5-3-12(18)4-6-13)17(24)21-19-10-11-9-14(22(25)26)7-8-16(11)23/h3-10,15,20,23H,2H2,1H3,(H,21,24)/b19-10+. The molecule has 0 aliphatic rings. The van der Waals surface area contributed by atoms with Crippen LogP contribution < -0.4 is 10.7 Å². The molecule has 0 aliphatic heterocycles. The van der Waals surface area contributed by atoms with Crippen molar-refractivity contribution in [2.24, 2.45) is 5.10 Å². The number of phenolic OH excluding ortho intramolecular Hbond substituents is 1. The summed E-state index contributed by atoms with van der Waals surface area (Å²) in [6, 6.07) is 10.4. The number of nitrogens with zero attached hydrogens (tertiary/aromatic N) is 2. The second-order valence-electron chi connectivity index (χ2n) is 5.35. The minimum atomic E-state index is -0.579. The summed E-state index contributed by atoms with van der Waals surface area (Å²) in [5, 5.41) is 27.3. The summed E-state index contributed by atoms with van der Waals surface area (Å²) >= 11 is 3.35. The van der Waals surface area contributed by atoms with Crippen molar-refractivity contribution in [3.63, 3.8) is 0 Å². The molecule has 0 bridgehead atoms. The molecule has 9 heteroatoms. The van der Waals surface area contributed by atoms with E-state index in [9.17, 15) is 20.0 Å². The van der Waals surface area contributed by atoms with Gasteiger partial charge < -0.3 is 10.4 Å². The molecule has 0 fully saturated rings. The van der Waals surface area contributed by atoms with Crippen molar-refractivity contribution in [1.29, 1.82) is 0 Å². The summed E-state index contributed by atoms with van der Waals surface area (Å²) in [7, 11) is 0. The molecule has 0 aromatic heterocycles. The molecule has 8 nitrogen and oxygen atoms in total. The number of carbonyl (C=O) groups excluding carboxylic acids is 1. The van der Waals surface area contributed by atoms with Crippen molar-refractivity contribution < 1.29 is 14.8 Å². The van der Waals surface area contributed by atoms with Gasteiger partial charge in [-0.2, -0.15) is 5.10 Å². The minimum Gasteiger partial charge on any atom is -0.507 e. The number of hydrogen-bond donors (Lipinski definition) is 3. The van der Waals surface area contributed by atoms with E-state index in [1.165, 1.54) is 18.2 Å². The molecule has 3 N–H and O–H groups in total. The van der Waals surface area contributed by atoms with Crippen molar-refractivity contribution in [3.8, 4) is 5.75 Å². The number of nitro groups is 1. The van der Waals surface area contributed by atoms with E-state index in [4.69, 9.17) is 0 Å². The maximum absolute atomic E-state index is 12.2. The lowest BCUT2D eigenvalue weighted by Gasteiger charge is -2.16. The fourth-order valence-corrected chi connectivity index (χ4v) is 2.37. The zero-order valence-electron chi connectivity index (χ0n) is 13.8. The van der Waals surface area contributed by atoms with Crippen LogP contribution in [-0.2, 0) is 4.79 Å². The van der Waals surface area contributed by atoms with Crippen LogP contribution in [0.1, 0.15) is 18.9 Å². The maximum Gasteiger partial charge on any atom is 0.270 e. The van der Waals surface area contributed by atoms with Gasteiger partial charge in [-0.1, -0.05) is 22.9 Å². The molecule has 1 amide bonds. The summed E-state index contributed by atoms with van der Waals surface area (Å²) in [4.78, 5) is 22.4. The van der Waals surface area contributed by atoms with Gasteiger partial charge in [-0.05, 0) is 36.8 Å². The molecule has 1 atom stereocenters. The van der Waals surface area contributed by atoms with Crippen molar-refractivity contribution in [2.45, 2.75) is 19.4 Å². The number of hydrazone groups is 1. The Labute approximate surface area is 158 Å². The first-order chi connectivity index (χ1) is 12.4. The summed E-state index contributed by atoms with van der Waals surface area (Å²) < 4.78 is 0.932. The number of nitro benzene ring substituents is 1. The first kappa shape index (κ1) is 19.4. The molecule has 0 heterocycles. The third kappa shape index (κ3) is 5.28. The lowest BCUT2D eigenvalue weighted by Crippen LogP contribution is -2.36. The van der Waals surface area contributed by atoms with E-state index in [1.807, 2.05) is 31.2 Å². The van der Waals surface area contributed by atoms with Crippen LogP contribution >= 0.6 is 15.9 Å². The molecule has 2 rings (SSSR count). The number of benzene rings is 2. The zero-order valence-corrected chi connectivity index (χ0v) is 15.4. The van der Waals surface area contributed by atoms with Crippen molar-refractivity contribution in [2.75, 3.05) is 5.32 Å². The Morgan fingerprint density at radius 3 is 2.65 bits per heavy atom. The molecule has 0 radical (unpaired) electrons. The number of anilines is 1. The van der Waals surface area contributed by atoms with Crippen molar-refractivity contribution >= 4 is 39.4 Å². The van der Waals surface area contributed by atoms with Gasteiger partial charge >= 0.3 is 0 Å². The molecular weight excluding hydrogens is 404 g/mol. The second kappa shape index (κ2) is 8.95. The van der Waals surface area contributed by atoms with E-state index in [-0.39, 0.29) is 22.9 Å². The number of halogens is 1. The topological polar surface area (TPSA) is 117 Å². The van der Waals surface area contributed by atoms with Gasteiger partial charge in [-0.3, -0.25) is 14.9 Å². The highest BCUT2D eigenvalue weighted by Crippen LogP contribution is 2.21. The number of phenols is 1. The van der Waals surface area contributed by atoms with Crippen LogP contribution in [0.5, 0.6) is 5.75 Å². The summed E-state index contributed by atoms with van der Waals surface area (Å²) in [6.45, 7) is 1.85. The summed E-state index contributed by atoms with van der Waals surface area (Å²) in [5.74, 6) is -0.537. The Bertz CT molecular complexity index is 824. The van der Waals surface area contributed by atoms with Gasteiger partial charge in [-0.15, -0.1) is 0 Å². The molecule has 1 unspecified atom stereocenters. The van der Waals surface area contributed by atoms with Crippen molar-refractivity contribution in [3.05, 3.63) is 62.6 Å². The van der Waals surface area contributed by atoms with Crippen LogP contribution in [0.15, 0.2) is 52.0 Å². The molecule has 0 saturated carbocycles. The largest absolute Gasteiger partial charge is 0.507 e. The van der Waals surface area contributed by atoms with E-state index in [0.717, 1.165) is 16.4 Å². The lowest BCUT2D eigenvalue weighted by atomic mass is 10.2. The van der Waals surface area contributed by atoms with Gasteiger partial charge in [0.1, 0.15) is 11.8 Å². The SMILES string of the molecule is CCC(Nc1ccc(Br)cc1)C(=O)N/N=C/c1cc([N+](=O)[O-])ccc1O. The summed E-state index contributed by atoms with van der Waals surface area (Å²) in [6.07, 6.45) is 1.69. The van der Waals surface area contributed by atoms with E-state index in [0.29, 0.717) is 6.42 Å². The van der Waals surface area contributed by atoms with E-state index in [2.05, 4.69) is 31.8 Å².